The lowest BCUT2D eigenvalue weighted by Gasteiger charge is -2.24. The summed E-state index contributed by atoms with van der Waals surface area (Å²) in [5.41, 5.74) is 1.70. The van der Waals surface area contributed by atoms with Crippen LogP contribution in [0.3, 0.4) is 0 Å². The molecule has 0 aromatic heterocycles. The minimum Gasteiger partial charge on any atom is -0.396 e. The lowest BCUT2D eigenvalue weighted by molar-refractivity contribution is 0.0781. The number of carbonyl (C=O) groups excluding carboxylic acids is 1. The van der Waals surface area contributed by atoms with Crippen molar-refractivity contribution in [3.63, 3.8) is 0 Å². The second kappa shape index (κ2) is 7.97. The molecular formula is C18H20ClNO2. The first-order chi connectivity index (χ1) is 10.6. The van der Waals surface area contributed by atoms with E-state index in [1.165, 1.54) is 0 Å². The van der Waals surface area contributed by atoms with Crippen molar-refractivity contribution < 1.29 is 9.90 Å². The van der Waals surface area contributed by atoms with Crippen molar-refractivity contribution in [1.82, 2.24) is 4.90 Å². The molecule has 0 saturated heterocycles. The van der Waals surface area contributed by atoms with Gasteiger partial charge in [-0.1, -0.05) is 41.9 Å². The highest BCUT2D eigenvalue weighted by molar-refractivity contribution is 6.30. The van der Waals surface area contributed by atoms with Gasteiger partial charge < -0.3 is 10.0 Å². The average molecular weight is 318 g/mol. The number of nitrogens with zero attached hydrogens (tertiary/aromatic N) is 1. The molecule has 2 aromatic carbocycles. The van der Waals surface area contributed by atoms with Gasteiger partial charge >= 0.3 is 0 Å². The molecule has 0 aliphatic carbocycles. The van der Waals surface area contributed by atoms with Crippen molar-refractivity contribution in [2.45, 2.75) is 12.3 Å². The third-order valence-electron chi connectivity index (χ3n) is 3.66. The quantitative estimate of drug-likeness (QED) is 0.884. The monoisotopic (exact) mass is 317 g/mol. The predicted octanol–water partition coefficient (Wildman–Crippen LogP) is 3.58. The molecule has 4 heteroatoms. The average Bonchev–Trinajstić information content (AvgIpc) is 2.54. The van der Waals surface area contributed by atoms with Gasteiger partial charge in [0.25, 0.3) is 5.91 Å². The SMILES string of the molecule is CN(CC(CCO)c1cccc(Cl)c1)C(=O)c1ccccc1. The van der Waals surface area contributed by atoms with Crippen LogP contribution in [0.4, 0.5) is 0 Å². The van der Waals surface area contributed by atoms with Crippen molar-refractivity contribution in [2.75, 3.05) is 20.2 Å². The number of hydrogen-bond acceptors (Lipinski definition) is 2. The third-order valence-corrected chi connectivity index (χ3v) is 3.89. The van der Waals surface area contributed by atoms with E-state index in [9.17, 15) is 9.90 Å². The molecule has 0 radical (unpaired) electrons. The summed E-state index contributed by atoms with van der Waals surface area (Å²) in [5, 5.41) is 9.96. The molecule has 0 spiro atoms. The number of hydrogen-bond donors (Lipinski definition) is 1. The molecule has 2 rings (SSSR count). The van der Waals surface area contributed by atoms with E-state index in [0.29, 0.717) is 23.6 Å². The maximum Gasteiger partial charge on any atom is 0.253 e. The second-order valence-corrected chi connectivity index (χ2v) is 5.75. The summed E-state index contributed by atoms with van der Waals surface area (Å²) >= 11 is 6.04. The molecular weight excluding hydrogens is 298 g/mol. The van der Waals surface area contributed by atoms with Gasteiger partial charge in [-0.25, -0.2) is 0 Å². The fraction of sp³-hybridized carbons (Fsp3) is 0.278. The van der Waals surface area contributed by atoms with E-state index in [2.05, 4.69) is 0 Å². The zero-order valence-electron chi connectivity index (χ0n) is 12.6. The van der Waals surface area contributed by atoms with Crippen molar-refractivity contribution in [2.24, 2.45) is 0 Å². The second-order valence-electron chi connectivity index (χ2n) is 5.32. The van der Waals surface area contributed by atoms with Crippen LogP contribution in [0.25, 0.3) is 0 Å². The zero-order chi connectivity index (χ0) is 15.9. The smallest absolute Gasteiger partial charge is 0.253 e. The number of amides is 1. The van der Waals surface area contributed by atoms with Crippen LogP contribution in [0.5, 0.6) is 0 Å². The van der Waals surface area contributed by atoms with Crippen LogP contribution < -0.4 is 0 Å². The third kappa shape index (κ3) is 4.33. The fourth-order valence-corrected chi connectivity index (χ4v) is 2.69. The molecule has 2 aromatic rings. The Hall–Kier alpha value is -1.84. The first-order valence-corrected chi connectivity index (χ1v) is 7.66. The van der Waals surface area contributed by atoms with Crippen LogP contribution >= 0.6 is 11.6 Å². The van der Waals surface area contributed by atoms with E-state index >= 15 is 0 Å². The number of halogens is 1. The highest BCUT2D eigenvalue weighted by Crippen LogP contribution is 2.24. The van der Waals surface area contributed by atoms with Crippen LogP contribution in [0.15, 0.2) is 54.6 Å². The van der Waals surface area contributed by atoms with Gasteiger partial charge in [-0.2, -0.15) is 0 Å². The highest BCUT2D eigenvalue weighted by Gasteiger charge is 2.18. The number of likely N-dealkylation sites (N-methyl/N-ethyl adjacent to an activating group) is 1. The molecule has 0 aliphatic rings. The Morgan fingerprint density at radius 2 is 1.91 bits per heavy atom. The summed E-state index contributed by atoms with van der Waals surface area (Å²) in [4.78, 5) is 14.1. The van der Waals surface area contributed by atoms with Crippen molar-refractivity contribution in [3.05, 3.63) is 70.7 Å². The summed E-state index contributed by atoms with van der Waals surface area (Å²) < 4.78 is 0. The Bertz CT molecular complexity index is 615. The lowest BCUT2D eigenvalue weighted by Crippen LogP contribution is -2.31. The van der Waals surface area contributed by atoms with E-state index < -0.39 is 0 Å². The van der Waals surface area contributed by atoms with Crippen molar-refractivity contribution in [1.29, 1.82) is 0 Å². The predicted molar refractivity (Wildman–Crippen MR) is 89.3 cm³/mol. The number of rotatable bonds is 6. The Labute approximate surface area is 136 Å². The Morgan fingerprint density at radius 1 is 1.18 bits per heavy atom. The van der Waals surface area contributed by atoms with Crippen LogP contribution in [0, 0.1) is 0 Å². The highest BCUT2D eigenvalue weighted by atomic mass is 35.5. The van der Waals surface area contributed by atoms with E-state index in [4.69, 9.17) is 11.6 Å². The largest absolute Gasteiger partial charge is 0.396 e. The molecule has 0 heterocycles. The molecule has 3 nitrogen and oxygen atoms in total. The number of carbonyl (C=O) groups is 1. The van der Waals surface area contributed by atoms with Crippen LogP contribution in [-0.4, -0.2) is 36.1 Å². The topological polar surface area (TPSA) is 40.5 Å². The first kappa shape index (κ1) is 16.5. The minimum absolute atomic E-state index is 0.0226. The van der Waals surface area contributed by atoms with E-state index in [0.717, 1.165) is 5.56 Å². The van der Waals surface area contributed by atoms with Crippen LogP contribution in [0.2, 0.25) is 5.02 Å². The molecule has 22 heavy (non-hydrogen) atoms. The molecule has 0 bridgehead atoms. The van der Waals surface area contributed by atoms with Crippen LogP contribution in [-0.2, 0) is 0 Å². The van der Waals surface area contributed by atoms with Gasteiger partial charge in [0, 0.05) is 36.7 Å². The Morgan fingerprint density at radius 3 is 2.55 bits per heavy atom. The van der Waals surface area contributed by atoms with Gasteiger partial charge in [0.05, 0.1) is 0 Å². The van der Waals surface area contributed by atoms with E-state index in [1.807, 2.05) is 42.5 Å². The van der Waals surface area contributed by atoms with Gasteiger partial charge in [0.1, 0.15) is 0 Å². The van der Waals surface area contributed by atoms with E-state index in [-0.39, 0.29) is 18.4 Å². The molecule has 1 N–H and O–H groups in total. The minimum atomic E-state index is -0.0226. The zero-order valence-corrected chi connectivity index (χ0v) is 13.3. The van der Waals surface area contributed by atoms with Gasteiger partial charge in [-0.15, -0.1) is 0 Å². The first-order valence-electron chi connectivity index (χ1n) is 7.28. The standard InChI is InChI=1S/C18H20ClNO2/c1-20(18(22)14-6-3-2-4-7-14)13-16(10-11-21)15-8-5-9-17(19)12-15/h2-9,12,16,21H,10-11,13H2,1H3. The summed E-state index contributed by atoms with van der Waals surface area (Å²) in [6.07, 6.45) is 0.590. The number of aliphatic hydroxyl groups excluding tert-OH is 1. The lowest BCUT2D eigenvalue weighted by atomic mass is 9.95. The molecule has 0 saturated carbocycles. The molecule has 0 aliphatic heterocycles. The van der Waals surface area contributed by atoms with Crippen molar-refractivity contribution >= 4 is 17.5 Å². The van der Waals surface area contributed by atoms with Gasteiger partial charge in [0.2, 0.25) is 0 Å². The summed E-state index contributed by atoms with van der Waals surface area (Å²) in [6, 6.07) is 16.8. The number of benzene rings is 2. The Kier molecular flexibility index (Phi) is 5.99. The maximum atomic E-state index is 12.4. The van der Waals surface area contributed by atoms with Gasteiger partial charge in [0.15, 0.2) is 0 Å². The molecule has 116 valence electrons. The van der Waals surface area contributed by atoms with Gasteiger partial charge in [-0.05, 0) is 36.2 Å². The Balaban J connectivity index is 2.12. The summed E-state index contributed by atoms with van der Waals surface area (Å²) in [7, 11) is 1.78. The summed E-state index contributed by atoms with van der Waals surface area (Å²) in [6.45, 7) is 0.610. The van der Waals surface area contributed by atoms with E-state index in [1.54, 1.807) is 24.1 Å². The maximum absolute atomic E-state index is 12.4. The van der Waals surface area contributed by atoms with Crippen LogP contribution in [0.1, 0.15) is 28.3 Å². The number of aliphatic hydroxyl groups is 1. The normalized spacial score (nSPS) is 12.0. The van der Waals surface area contributed by atoms with Gasteiger partial charge in [-0.3, -0.25) is 4.79 Å². The molecule has 1 atom stereocenters. The summed E-state index contributed by atoms with van der Waals surface area (Å²) in [5.74, 6) is 0.0342. The molecule has 1 unspecified atom stereocenters. The molecule has 1 amide bonds. The fourth-order valence-electron chi connectivity index (χ4n) is 2.49. The van der Waals surface area contributed by atoms with Crippen molar-refractivity contribution in [3.8, 4) is 0 Å². The molecule has 0 fully saturated rings.